The Hall–Kier alpha value is -2.97. The fraction of sp³-hybridized carbons (Fsp3) is 0.100. The Kier molecular flexibility index (Phi) is 3.10. The molecule has 0 saturated carbocycles. The number of aromatic amines is 1. The van der Waals surface area contributed by atoms with Crippen molar-refractivity contribution in [3.05, 3.63) is 61.3 Å². The zero-order valence-electron chi connectivity index (χ0n) is 9.36. The van der Waals surface area contributed by atoms with Crippen molar-refractivity contribution in [1.29, 1.82) is 0 Å². The van der Waals surface area contributed by atoms with E-state index < -0.39 is 34.2 Å². The van der Waals surface area contributed by atoms with E-state index >= 15 is 0 Å². The summed E-state index contributed by atoms with van der Waals surface area (Å²) < 4.78 is 5.58. The first-order chi connectivity index (χ1) is 8.99. The van der Waals surface area contributed by atoms with Crippen molar-refractivity contribution in [3.8, 4) is 0 Å². The van der Waals surface area contributed by atoms with Gasteiger partial charge in [-0.25, -0.2) is 4.79 Å². The Morgan fingerprint density at radius 3 is 2.79 bits per heavy atom. The van der Waals surface area contributed by atoms with Crippen LogP contribution in [0.25, 0.3) is 0 Å². The highest BCUT2D eigenvalue weighted by molar-refractivity contribution is 5.93. The van der Waals surface area contributed by atoms with E-state index in [1.165, 1.54) is 18.4 Å². The smallest absolute Gasteiger partial charge is 0.350 e. The number of hydrogen-bond acceptors (Lipinski definition) is 6. The third kappa shape index (κ3) is 2.49. The van der Waals surface area contributed by atoms with E-state index in [1.54, 1.807) is 4.98 Å². The van der Waals surface area contributed by atoms with Crippen molar-refractivity contribution >= 4 is 11.5 Å². The predicted molar refractivity (Wildman–Crippen MR) is 61.0 cm³/mol. The molecule has 2 rings (SSSR count). The van der Waals surface area contributed by atoms with Crippen molar-refractivity contribution in [2.75, 3.05) is 0 Å². The molecular formula is C10H7N3O6. The van der Waals surface area contributed by atoms with Gasteiger partial charge in [-0.1, -0.05) is 0 Å². The summed E-state index contributed by atoms with van der Waals surface area (Å²) in [6.45, 7) is -0.468. The van der Waals surface area contributed by atoms with Crippen LogP contribution in [-0.4, -0.2) is 20.3 Å². The molecule has 0 aliphatic rings. The van der Waals surface area contributed by atoms with Gasteiger partial charge in [-0.2, -0.15) is 0 Å². The maximum atomic E-state index is 11.7. The van der Waals surface area contributed by atoms with Crippen LogP contribution in [0.5, 0.6) is 0 Å². The second-order valence-electron chi connectivity index (χ2n) is 3.56. The molecule has 1 N–H and O–H groups in total. The molecule has 2 heterocycles. The summed E-state index contributed by atoms with van der Waals surface area (Å²) in [5, 5.41) is 10.6. The van der Waals surface area contributed by atoms with Gasteiger partial charge in [-0.05, 0) is 12.1 Å². The molecule has 0 aliphatic carbocycles. The Bertz CT molecular complexity index is 739. The van der Waals surface area contributed by atoms with Crippen LogP contribution < -0.4 is 11.2 Å². The number of nitro groups is 1. The number of furan rings is 1. The lowest BCUT2D eigenvalue weighted by atomic mass is 10.3. The molecule has 0 saturated heterocycles. The zero-order valence-corrected chi connectivity index (χ0v) is 9.36. The summed E-state index contributed by atoms with van der Waals surface area (Å²) in [7, 11) is 0. The van der Waals surface area contributed by atoms with E-state index in [0.717, 1.165) is 10.8 Å². The molecule has 9 heteroatoms. The highest BCUT2D eigenvalue weighted by Gasteiger charge is 2.17. The number of carbonyl (C=O) groups excluding carboxylic acids is 1. The third-order valence-electron chi connectivity index (χ3n) is 2.30. The molecule has 0 bridgehead atoms. The number of carbonyl (C=O) groups is 1. The summed E-state index contributed by atoms with van der Waals surface area (Å²) in [4.78, 5) is 45.6. The minimum atomic E-state index is -1.11. The monoisotopic (exact) mass is 265 g/mol. The number of H-pyrrole nitrogens is 1. The summed E-state index contributed by atoms with van der Waals surface area (Å²) in [6.07, 6.45) is 2.01. The van der Waals surface area contributed by atoms with Crippen molar-refractivity contribution in [1.82, 2.24) is 9.55 Å². The average molecular weight is 265 g/mol. The number of rotatable bonds is 4. The van der Waals surface area contributed by atoms with Gasteiger partial charge in [0.2, 0.25) is 5.78 Å². The van der Waals surface area contributed by atoms with Gasteiger partial charge in [0.25, 0.3) is 0 Å². The van der Waals surface area contributed by atoms with Crippen LogP contribution in [0.4, 0.5) is 5.69 Å². The molecule has 19 heavy (non-hydrogen) atoms. The normalized spacial score (nSPS) is 10.3. The maximum absolute atomic E-state index is 11.7. The fourth-order valence-electron chi connectivity index (χ4n) is 1.42. The number of nitrogens with zero attached hydrogens (tertiary/aromatic N) is 2. The number of ketones is 1. The highest BCUT2D eigenvalue weighted by atomic mass is 16.6. The Morgan fingerprint density at radius 1 is 1.47 bits per heavy atom. The zero-order chi connectivity index (χ0) is 14.0. The van der Waals surface area contributed by atoms with Gasteiger partial charge in [0.1, 0.15) is 0 Å². The largest absolute Gasteiger partial charge is 0.461 e. The molecule has 0 fully saturated rings. The molecule has 2 aromatic heterocycles. The van der Waals surface area contributed by atoms with E-state index in [0.29, 0.717) is 0 Å². The van der Waals surface area contributed by atoms with E-state index in [1.807, 2.05) is 0 Å². The second kappa shape index (κ2) is 4.72. The fourth-order valence-corrected chi connectivity index (χ4v) is 1.42. The molecule has 0 radical (unpaired) electrons. The highest BCUT2D eigenvalue weighted by Crippen LogP contribution is 2.04. The van der Waals surface area contributed by atoms with Crippen molar-refractivity contribution < 1.29 is 14.1 Å². The van der Waals surface area contributed by atoms with Gasteiger partial charge in [-0.15, -0.1) is 0 Å². The van der Waals surface area contributed by atoms with Crippen LogP contribution >= 0.6 is 0 Å². The number of hydrogen-bond donors (Lipinski definition) is 1. The predicted octanol–water partition coefficient (Wildman–Crippen LogP) is -0.0793. The molecule has 2 aromatic rings. The van der Waals surface area contributed by atoms with Crippen LogP contribution in [0.15, 0.2) is 38.6 Å². The molecule has 9 nitrogen and oxygen atoms in total. The minimum Gasteiger partial charge on any atom is -0.461 e. The molecule has 0 aliphatic heterocycles. The topological polar surface area (TPSA) is 128 Å². The average Bonchev–Trinajstić information content (AvgIpc) is 2.85. The first-order valence-corrected chi connectivity index (χ1v) is 5.04. The van der Waals surface area contributed by atoms with E-state index in [2.05, 4.69) is 0 Å². The minimum absolute atomic E-state index is 0.0146. The summed E-state index contributed by atoms with van der Waals surface area (Å²) in [5.74, 6) is -0.533. The van der Waals surface area contributed by atoms with Gasteiger partial charge in [-0.3, -0.25) is 29.3 Å². The molecule has 0 unspecified atom stereocenters. The van der Waals surface area contributed by atoms with E-state index in [-0.39, 0.29) is 5.76 Å². The van der Waals surface area contributed by atoms with Crippen molar-refractivity contribution in [2.24, 2.45) is 0 Å². The number of Topliss-reactive ketones (excluding diaryl/α,β-unsaturated/α-hetero) is 1. The lowest BCUT2D eigenvalue weighted by molar-refractivity contribution is -0.386. The Balaban J connectivity index is 2.38. The molecule has 0 amide bonds. The quantitative estimate of drug-likeness (QED) is 0.467. The number of aromatic nitrogens is 2. The van der Waals surface area contributed by atoms with Gasteiger partial charge >= 0.3 is 16.9 Å². The van der Waals surface area contributed by atoms with Gasteiger partial charge < -0.3 is 4.42 Å². The summed E-state index contributed by atoms with van der Waals surface area (Å²) in [6, 6.07) is 2.89. The Labute approximate surface area is 104 Å². The van der Waals surface area contributed by atoms with Gasteiger partial charge in [0.05, 0.1) is 23.9 Å². The van der Waals surface area contributed by atoms with Crippen LogP contribution in [0, 0.1) is 10.1 Å². The molecule has 98 valence electrons. The SMILES string of the molecule is O=C(Cn1cc([N+](=O)[O-])c(=O)[nH]c1=O)c1ccco1. The summed E-state index contributed by atoms with van der Waals surface area (Å²) in [5.41, 5.74) is -2.83. The lowest BCUT2D eigenvalue weighted by Gasteiger charge is -2.02. The first-order valence-electron chi connectivity index (χ1n) is 5.04. The molecule has 0 spiro atoms. The van der Waals surface area contributed by atoms with Gasteiger partial charge in [0.15, 0.2) is 5.76 Å². The molecule has 0 aromatic carbocycles. The molecule has 0 atom stereocenters. The summed E-state index contributed by atoms with van der Waals surface area (Å²) >= 11 is 0. The van der Waals surface area contributed by atoms with Crippen LogP contribution in [0.1, 0.15) is 10.6 Å². The van der Waals surface area contributed by atoms with E-state index in [9.17, 15) is 24.5 Å². The lowest BCUT2D eigenvalue weighted by Crippen LogP contribution is -2.32. The number of nitrogens with one attached hydrogen (secondary N) is 1. The maximum Gasteiger partial charge on any atom is 0.350 e. The standard InChI is InChI=1S/C10H7N3O6/c14-7(8-2-1-3-19-8)5-12-4-6(13(17)18)9(15)11-10(12)16/h1-4H,5H2,(H,11,15,16). The van der Waals surface area contributed by atoms with E-state index in [4.69, 9.17) is 4.42 Å². The van der Waals surface area contributed by atoms with Crippen molar-refractivity contribution in [2.45, 2.75) is 6.54 Å². The van der Waals surface area contributed by atoms with Crippen LogP contribution in [-0.2, 0) is 6.54 Å². The second-order valence-corrected chi connectivity index (χ2v) is 3.56. The van der Waals surface area contributed by atoms with Crippen LogP contribution in [0.2, 0.25) is 0 Å². The third-order valence-corrected chi connectivity index (χ3v) is 2.30. The first kappa shape index (κ1) is 12.5. The molecular weight excluding hydrogens is 258 g/mol. The van der Waals surface area contributed by atoms with Gasteiger partial charge in [0, 0.05) is 0 Å². The Morgan fingerprint density at radius 2 is 2.21 bits per heavy atom. The van der Waals surface area contributed by atoms with Crippen molar-refractivity contribution in [3.63, 3.8) is 0 Å². The van der Waals surface area contributed by atoms with Crippen LogP contribution in [0.3, 0.4) is 0 Å².